The topological polar surface area (TPSA) is 69.4 Å². The molecule has 0 radical (unpaired) electrons. The summed E-state index contributed by atoms with van der Waals surface area (Å²) in [4.78, 5) is 0. The first-order valence-corrected chi connectivity index (χ1v) is 7.09. The largest absolute Gasteiger partial charge is 0.493 e. The molecule has 0 saturated carbocycles. The van der Waals surface area contributed by atoms with E-state index < -0.39 is 15.4 Å². The number of rotatable bonds is 5. The van der Waals surface area contributed by atoms with Crippen LogP contribution in [0.5, 0.6) is 5.75 Å². The molecule has 0 spiro atoms. The molecule has 0 amide bonds. The lowest BCUT2D eigenvalue weighted by Crippen LogP contribution is -2.33. The standard InChI is InChI=1S/C12H19NO3S/c1-10-5-4-6-11(7-10)16-8-12(2,3)9-17(13,14)15/h4-7H,8-9H2,1-3H3,(H2,13,14,15). The molecule has 0 aliphatic rings. The third-order valence-corrected chi connectivity index (χ3v) is 3.39. The maximum absolute atomic E-state index is 11.0. The average Bonchev–Trinajstić information content (AvgIpc) is 2.11. The minimum atomic E-state index is -3.47. The van der Waals surface area contributed by atoms with Gasteiger partial charge in [0.2, 0.25) is 10.0 Å². The summed E-state index contributed by atoms with van der Waals surface area (Å²) in [7, 11) is -3.47. The quantitative estimate of drug-likeness (QED) is 0.872. The zero-order chi connectivity index (χ0) is 13.1. The summed E-state index contributed by atoms with van der Waals surface area (Å²) >= 11 is 0. The summed E-state index contributed by atoms with van der Waals surface area (Å²) in [6.07, 6.45) is 0. The van der Waals surface area contributed by atoms with E-state index in [1.165, 1.54) is 0 Å². The van der Waals surface area contributed by atoms with Crippen LogP contribution in [0.1, 0.15) is 19.4 Å². The minimum absolute atomic E-state index is 0.0915. The van der Waals surface area contributed by atoms with Gasteiger partial charge >= 0.3 is 0 Å². The van der Waals surface area contributed by atoms with Gasteiger partial charge in [0.1, 0.15) is 5.75 Å². The lowest BCUT2D eigenvalue weighted by Gasteiger charge is -2.23. The Labute approximate surface area is 103 Å². The summed E-state index contributed by atoms with van der Waals surface area (Å²) in [5, 5.41) is 5.03. The van der Waals surface area contributed by atoms with Gasteiger partial charge in [0, 0.05) is 5.41 Å². The summed E-state index contributed by atoms with van der Waals surface area (Å²) in [6, 6.07) is 7.63. The Morgan fingerprint density at radius 3 is 2.53 bits per heavy atom. The molecule has 1 rings (SSSR count). The van der Waals surface area contributed by atoms with Gasteiger partial charge in [-0.15, -0.1) is 0 Å². The van der Waals surface area contributed by atoms with Crippen molar-refractivity contribution in [2.24, 2.45) is 10.6 Å². The molecule has 4 nitrogen and oxygen atoms in total. The highest BCUT2D eigenvalue weighted by molar-refractivity contribution is 7.89. The highest BCUT2D eigenvalue weighted by atomic mass is 32.2. The van der Waals surface area contributed by atoms with Crippen LogP contribution in [0.4, 0.5) is 0 Å². The summed E-state index contributed by atoms with van der Waals surface area (Å²) in [5.74, 6) is 0.652. The van der Waals surface area contributed by atoms with Crippen molar-refractivity contribution in [2.75, 3.05) is 12.4 Å². The van der Waals surface area contributed by atoms with Gasteiger partial charge < -0.3 is 4.74 Å². The number of hydrogen-bond donors (Lipinski definition) is 1. The molecule has 1 aromatic rings. The fraction of sp³-hybridized carbons (Fsp3) is 0.500. The molecule has 2 N–H and O–H groups in total. The van der Waals surface area contributed by atoms with Gasteiger partial charge in [-0.05, 0) is 24.6 Å². The van der Waals surface area contributed by atoms with Crippen molar-refractivity contribution in [3.63, 3.8) is 0 Å². The van der Waals surface area contributed by atoms with Crippen LogP contribution in [0.2, 0.25) is 0 Å². The third kappa shape index (κ3) is 5.70. The maximum Gasteiger partial charge on any atom is 0.209 e. The Hall–Kier alpha value is -1.07. The van der Waals surface area contributed by atoms with Gasteiger partial charge in [0.05, 0.1) is 12.4 Å². The Morgan fingerprint density at radius 2 is 2.00 bits per heavy atom. The molecular formula is C12H19NO3S. The van der Waals surface area contributed by atoms with Gasteiger partial charge in [-0.3, -0.25) is 0 Å². The van der Waals surface area contributed by atoms with E-state index >= 15 is 0 Å². The Balaban J connectivity index is 2.61. The van der Waals surface area contributed by atoms with Crippen LogP contribution in [0.3, 0.4) is 0 Å². The number of hydrogen-bond acceptors (Lipinski definition) is 3. The van der Waals surface area contributed by atoms with Gasteiger partial charge in [0.15, 0.2) is 0 Å². The number of ether oxygens (including phenoxy) is 1. The van der Waals surface area contributed by atoms with E-state index in [9.17, 15) is 8.42 Å². The van der Waals surface area contributed by atoms with Crippen molar-refractivity contribution in [1.29, 1.82) is 0 Å². The number of aryl methyl sites for hydroxylation is 1. The Bertz CT molecular complexity index is 480. The lowest BCUT2D eigenvalue weighted by atomic mass is 9.98. The van der Waals surface area contributed by atoms with Crippen LogP contribution in [-0.4, -0.2) is 20.8 Å². The molecule has 0 unspecified atom stereocenters. The zero-order valence-electron chi connectivity index (χ0n) is 10.4. The van der Waals surface area contributed by atoms with Crippen molar-refractivity contribution >= 4 is 10.0 Å². The van der Waals surface area contributed by atoms with Crippen LogP contribution in [-0.2, 0) is 10.0 Å². The molecule has 0 aromatic heterocycles. The van der Waals surface area contributed by atoms with E-state index in [1.54, 1.807) is 0 Å². The van der Waals surface area contributed by atoms with Crippen molar-refractivity contribution in [1.82, 2.24) is 0 Å². The van der Waals surface area contributed by atoms with Crippen LogP contribution < -0.4 is 9.88 Å². The number of sulfonamides is 1. The molecule has 0 saturated heterocycles. The van der Waals surface area contributed by atoms with Gasteiger partial charge in [0.25, 0.3) is 0 Å². The van der Waals surface area contributed by atoms with Crippen LogP contribution in [0.25, 0.3) is 0 Å². The Kier molecular flexibility index (Phi) is 4.16. The number of nitrogens with two attached hydrogens (primary N) is 1. The van der Waals surface area contributed by atoms with Crippen molar-refractivity contribution in [3.8, 4) is 5.75 Å². The normalized spacial score (nSPS) is 12.5. The van der Waals surface area contributed by atoms with Gasteiger partial charge in [-0.2, -0.15) is 0 Å². The highest BCUT2D eigenvalue weighted by Gasteiger charge is 2.24. The van der Waals surface area contributed by atoms with E-state index in [4.69, 9.17) is 9.88 Å². The molecule has 0 bridgehead atoms. The second-order valence-corrected chi connectivity index (χ2v) is 6.69. The minimum Gasteiger partial charge on any atom is -0.493 e. The second-order valence-electron chi connectivity index (χ2n) is 5.08. The third-order valence-electron chi connectivity index (χ3n) is 2.21. The van der Waals surface area contributed by atoms with Crippen molar-refractivity contribution < 1.29 is 13.2 Å². The fourth-order valence-electron chi connectivity index (χ4n) is 1.57. The molecule has 17 heavy (non-hydrogen) atoms. The number of benzene rings is 1. The first kappa shape index (κ1) is 14.0. The van der Waals surface area contributed by atoms with E-state index in [1.807, 2.05) is 45.0 Å². The van der Waals surface area contributed by atoms with Crippen LogP contribution >= 0.6 is 0 Å². The monoisotopic (exact) mass is 257 g/mol. The predicted molar refractivity (Wildman–Crippen MR) is 68.4 cm³/mol. The molecule has 0 heterocycles. The smallest absolute Gasteiger partial charge is 0.209 e. The van der Waals surface area contributed by atoms with E-state index in [2.05, 4.69) is 0 Å². The average molecular weight is 257 g/mol. The summed E-state index contributed by atoms with van der Waals surface area (Å²) < 4.78 is 27.6. The second kappa shape index (κ2) is 5.06. The molecule has 96 valence electrons. The molecular weight excluding hydrogens is 238 g/mol. The number of primary sulfonamides is 1. The van der Waals surface area contributed by atoms with Crippen molar-refractivity contribution in [3.05, 3.63) is 29.8 Å². The van der Waals surface area contributed by atoms with Crippen molar-refractivity contribution in [2.45, 2.75) is 20.8 Å². The summed E-state index contributed by atoms with van der Waals surface area (Å²) in [6.45, 7) is 5.91. The summed E-state index contributed by atoms with van der Waals surface area (Å²) in [5.41, 5.74) is 0.601. The van der Waals surface area contributed by atoms with Gasteiger partial charge in [-0.1, -0.05) is 26.0 Å². The van der Waals surface area contributed by atoms with Crippen LogP contribution in [0.15, 0.2) is 24.3 Å². The maximum atomic E-state index is 11.0. The molecule has 0 aliphatic heterocycles. The Morgan fingerprint density at radius 1 is 1.35 bits per heavy atom. The molecule has 1 aromatic carbocycles. The molecule has 0 atom stereocenters. The molecule has 0 fully saturated rings. The van der Waals surface area contributed by atoms with E-state index in [-0.39, 0.29) is 5.75 Å². The predicted octanol–water partition coefficient (Wildman–Crippen LogP) is 1.69. The zero-order valence-corrected chi connectivity index (χ0v) is 11.3. The van der Waals surface area contributed by atoms with E-state index in [0.29, 0.717) is 6.61 Å². The first-order valence-electron chi connectivity index (χ1n) is 5.38. The first-order chi connectivity index (χ1) is 7.68. The lowest BCUT2D eigenvalue weighted by molar-refractivity contribution is 0.200. The van der Waals surface area contributed by atoms with E-state index in [0.717, 1.165) is 11.3 Å². The highest BCUT2D eigenvalue weighted by Crippen LogP contribution is 2.20. The molecule has 0 aliphatic carbocycles. The molecule has 5 heteroatoms. The SMILES string of the molecule is Cc1cccc(OCC(C)(C)CS(N)(=O)=O)c1. The van der Waals surface area contributed by atoms with Crippen LogP contribution in [0, 0.1) is 12.3 Å². The van der Waals surface area contributed by atoms with Gasteiger partial charge in [-0.25, -0.2) is 13.6 Å². The fourth-order valence-corrected chi connectivity index (χ4v) is 2.74.